The molecule has 3 aromatic carbocycles. The minimum Gasteiger partial charge on any atom is -0.355 e. The van der Waals surface area contributed by atoms with Crippen molar-refractivity contribution in [3.63, 3.8) is 0 Å². The van der Waals surface area contributed by atoms with Gasteiger partial charge >= 0.3 is 0 Å². The lowest BCUT2D eigenvalue weighted by molar-refractivity contribution is -0.140. The molecule has 1 N–H and O–H groups in total. The molecule has 1 aliphatic rings. The molecule has 0 spiro atoms. The Morgan fingerprint density at radius 1 is 1.09 bits per heavy atom. The highest BCUT2D eigenvalue weighted by atomic mass is 79.9. The average Bonchev–Trinajstić information content (AvgIpc) is 3.05. The maximum Gasteiger partial charge on any atom is 0.265 e. The molecule has 0 saturated heterocycles. The number of nitrogens with zero attached hydrogens (tertiary/aromatic N) is 2. The predicted octanol–water partition coefficient (Wildman–Crippen LogP) is 4.44. The summed E-state index contributed by atoms with van der Waals surface area (Å²) in [4.78, 5) is 27.7. The van der Waals surface area contributed by atoms with Gasteiger partial charge in [0.15, 0.2) is 0 Å². The molecule has 184 valence electrons. The van der Waals surface area contributed by atoms with Crippen molar-refractivity contribution in [2.24, 2.45) is 0 Å². The van der Waals surface area contributed by atoms with Gasteiger partial charge in [0.05, 0.1) is 10.6 Å². The van der Waals surface area contributed by atoms with Crippen LogP contribution in [0.4, 0.5) is 5.69 Å². The van der Waals surface area contributed by atoms with Gasteiger partial charge in [0, 0.05) is 35.9 Å². The van der Waals surface area contributed by atoms with E-state index in [1.807, 2.05) is 49.4 Å². The Labute approximate surface area is 214 Å². The van der Waals surface area contributed by atoms with Gasteiger partial charge in [0.2, 0.25) is 11.8 Å². The Morgan fingerprint density at radius 2 is 1.80 bits per heavy atom. The summed E-state index contributed by atoms with van der Waals surface area (Å²) in [5, 5.41) is 4.38. The minimum atomic E-state index is -3.67. The first-order chi connectivity index (χ1) is 16.7. The quantitative estimate of drug-likeness (QED) is 0.421. The normalized spacial score (nSPS) is 14.7. The van der Waals surface area contributed by atoms with Crippen LogP contribution in [0.2, 0.25) is 0 Å². The third-order valence-corrected chi connectivity index (χ3v) is 8.54. The summed E-state index contributed by atoms with van der Waals surface area (Å²) in [5.74, 6) is -0.420. The van der Waals surface area contributed by atoms with Crippen LogP contribution in [0.25, 0.3) is 10.8 Å². The zero-order chi connectivity index (χ0) is 25.2. The largest absolute Gasteiger partial charge is 0.355 e. The molecule has 0 aliphatic carbocycles. The molecule has 2 amide bonds. The van der Waals surface area contributed by atoms with Crippen LogP contribution in [-0.4, -0.2) is 44.3 Å². The molecule has 3 aromatic rings. The second-order valence-corrected chi connectivity index (χ2v) is 11.3. The van der Waals surface area contributed by atoms with E-state index in [1.165, 1.54) is 4.31 Å². The second-order valence-electron chi connectivity index (χ2n) is 8.53. The van der Waals surface area contributed by atoms with E-state index in [0.717, 1.165) is 20.8 Å². The van der Waals surface area contributed by atoms with E-state index >= 15 is 0 Å². The molecular formula is C26H28BrN3O4S. The molecule has 35 heavy (non-hydrogen) atoms. The Bertz CT molecular complexity index is 1370. The molecule has 0 saturated carbocycles. The fourth-order valence-electron chi connectivity index (χ4n) is 4.45. The molecule has 1 heterocycles. The average molecular weight is 558 g/mol. The van der Waals surface area contributed by atoms with E-state index in [9.17, 15) is 18.0 Å². The number of likely N-dealkylation sites (N-methyl/N-ethyl adjacent to an activating group) is 1. The number of nitrogens with one attached hydrogen (secondary N) is 1. The smallest absolute Gasteiger partial charge is 0.265 e. The number of carbonyl (C=O) groups excluding carboxylic acids is 2. The summed E-state index contributed by atoms with van der Waals surface area (Å²) < 4.78 is 28.7. The molecule has 0 radical (unpaired) electrons. The lowest BCUT2D eigenvalue weighted by Crippen LogP contribution is -2.47. The van der Waals surface area contributed by atoms with Gasteiger partial charge in [0.25, 0.3) is 10.0 Å². The number of hydrogen-bond acceptors (Lipinski definition) is 4. The Hall–Kier alpha value is -2.91. The van der Waals surface area contributed by atoms with Crippen LogP contribution in [0.15, 0.2) is 70.0 Å². The number of rotatable bonds is 9. The zero-order valence-electron chi connectivity index (χ0n) is 19.7. The van der Waals surface area contributed by atoms with Crippen LogP contribution in [-0.2, 0) is 26.2 Å². The van der Waals surface area contributed by atoms with Crippen molar-refractivity contribution in [2.75, 3.05) is 17.4 Å². The van der Waals surface area contributed by atoms with Gasteiger partial charge in [-0.1, -0.05) is 52.3 Å². The number of anilines is 1. The molecule has 9 heteroatoms. The lowest BCUT2D eigenvalue weighted by Gasteiger charge is -2.29. The van der Waals surface area contributed by atoms with E-state index in [-0.39, 0.29) is 31.3 Å². The van der Waals surface area contributed by atoms with Crippen molar-refractivity contribution in [1.82, 2.24) is 10.2 Å². The molecule has 0 fully saturated rings. The first kappa shape index (κ1) is 25.2. The number of amides is 2. The van der Waals surface area contributed by atoms with Gasteiger partial charge in [-0.25, -0.2) is 8.42 Å². The monoisotopic (exact) mass is 557 g/mol. The van der Waals surface area contributed by atoms with Crippen LogP contribution >= 0.6 is 15.9 Å². The number of sulfonamides is 1. The maximum absolute atomic E-state index is 13.3. The van der Waals surface area contributed by atoms with E-state index < -0.39 is 16.1 Å². The van der Waals surface area contributed by atoms with Crippen molar-refractivity contribution in [2.45, 2.75) is 44.2 Å². The summed E-state index contributed by atoms with van der Waals surface area (Å²) >= 11 is 3.45. The summed E-state index contributed by atoms with van der Waals surface area (Å²) in [5.41, 5.74) is 1.54. The highest BCUT2D eigenvalue weighted by Gasteiger charge is 2.35. The van der Waals surface area contributed by atoms with Crippen LogP contribution in [0.5, 0.6) is 0 Å². The molecule has 4 rings (SSSR count). The van der Waals surface area contributed by atoms with Gasteiger partial charge in [-0.3, -0.25) is 13.9 Å². The topological polar surface area (TPSA) is 86.8 Å². The molecule has 0 aromatic heterocycles. The minimum absolute atomic E-state index is 0.121. The second kappa shape index (κ2) is 10.4. The van der Waals surface area contributed by atoms with Crippen molar-refractivity contribution in [3.05, 3.63) is 70.7 Å². The molecule has 0 bridgehead atoms. The first-order valence-electron chi connectivity index (χ1n) is 11.6. The molecular weight excluding hydrogens is 530 g/mol. The third kappa shape index (κ3) is 5.06. The fourth-order valence-corrected chi connectivity index (χ4v) is 6.65. The SMILES string of the molecule is CCNC(=O)C(C)N(Cc1cccc(Br)c1)C(=O)CCCN1c2cccc3cccc(c23)S1(=O)=O. The van der Waals surface area contributed by atoms with Gasteiger partial charge in [-0.2, -0.15) is 0 Å². The van der Waals surface area contributed by atoms with E-state index in [0.29, 0.717) is 23.5 Å². The third-order valence-electron chi connectivity index (χ3n) is 6.19. The van der Waals surface area contributed by atoms with E-state index in [2.05, 4.69) is 21.2 Å². The summed E-state index contributed by atoms with van der Waals surface area (Å²) in [6.45, 7) is 4.48. The first-order valence-corrected chi connectivity index (χ1v) is 13.8. The lowest BCUT2D eigenvalue weighted by atomic mass is 10.1. The number of hydrogen-bond donors (Lipinski definition) is 1. The number of carbonyl (C=O) groups is 2. The van der Waals surface area contributed by atoms with Crippen molar-refractivity contribution in [1.29, 1.82) is 0 Å². The van der Waals surface area contributed by atoms with Gasteiger partial charge < -0.3 is 10.2 Å². The van der Waals surface area contributed by atoms with Crippen molar-refractivity contribution >= 4 is 54.2 Å². The Kier molecular flexibility index (Phi) is 7.47. The molecule has 1 atom stereocenters. The van der Waals surface area contributed by atoms with Gasteiger partial charge in [-0.05, 0) is 55.5 Å². The van der Waals surface area contributed by atoms with E-state index in [1.54, 1.807) is 30.0 Å². The van der Waals surface area contributed by atoms with Crippen LogP contribution < -0.4 is 9.62 Å². The van der Waals surface area contributed by atoms with Crippen molar-refractivity contribution < 1.29 is 18.0 Å². The highest BCUT2D eigenvalue weighted by Crippen LogP contribution is 2.42. The zero-order valence-corrected chi connectivity index (χ0v) is 22.1. The summed E-state index contributed by atoms with van der Waals surface area (Å²) in [6.07, 6.45) is 0.454. The molecule has 7 nitrogen and oxygen atoms in total. The summed E-state index contributed by atoms with van der Waals surface area (Å²) in [6, 6.07) is 17.8. The van der Waals surface area contributed by atoms with Gasteiger partial charge in [0.1, 0.15) is 6.04 Å². The summed E-state index contributed by atoms with van der Waals surface area (Å²) in [7, 11) is -3.67. The van der Waals surface area contributed by atoms with Crippen LogP contribution in [0.3, 0.4) is 0 Å². The molecule has 1 aliphatic heterocycles. The number of halogens is 1. The Morgan fingerprint density at radius 3 is 2.51 bits per heavy atom. The van der Waals surface area contributed by atoms with Crippen LogP contribution in [0.1, 0.15) is 32.3 Å². The fraction of sp³-hybridized carbons (Fsp3) is 0.308. The van der Waals surface area contributed by atoms with Gasteiger partial charge in [-0.15, -0.1) is 0 Å². The van der Waals surface area contributed by atoms with Crippen LogP contribution in [0, 0.1) is 0 Å². The maximum atomic E-state index is 13.3. The van der Waals surface area contributed by atoms with E-state index in [4.69, 9.17) is 0 Å². The Balaban J connectivity index is 1.50. The van der Waals surface area contributed by atoms with Crippen molar-refractivity contribution in [3.8, 4) is 0 Å². The predicted molar refractivity (Wildman–Crippen MR) is 141 cm³/mol. The number of benzene rings is 3. The molecule has 1 unspecified atom stereocenters. The highest BCUT2D eigenvalue weighted by molar-refractivity contribution is 9.10. The standard InChI is InChI=1S/C26H28BrN3O4S/c1-3-28-26(32)18(2)29(17-19-8-4-11-21(27)16-19)24(31)14-7-15-30-22-12-5-9-20-10-6-13-23(25(20)22)35(30,33)34/h4-6,8-13,16,18H,3,7,14-15,17H2,1-2H3,(H,28,32).